The van der Waals surface area contributed by atoms with Crippen LogP contribution in [0.15, 0.2) is 0 Å². The first-order chi connectivity index (χ1) is 8.22. The zero-order chi connectivity index (χ0) is 15.5. The van der Waals surface area contributed by atoms with E-state index in [-0.39, 0.29) is 0 Å². The maximum Gasteiger partial charge on any atom is -0.0354 e. The molecule has 0 N–H and O–H groups in total. The number of hydrogen-bond donors (Lipinski definition) is 0. The van der Waals surface area contributed by atoms with Gasteiger partial charge < -0.3 is 0 Å². The maximum absolute atomic E-state index is 2.47. The van der Waals surface area contributed by atoms with Crippen LogP contribution in [0.1, 0.15) is 94.9 Å². The van der Waals surface area contributed by atoms with Gasteiger partial charge in [-0.25, -0.2) is 0 Å². The second kappa shape index (κ2) is 6.64. The van der Waals surface area contributed by atoms with Gasteiger partial charge in [0, 0.05) is 0 Å². The largest absolute Gasteiger partial charge is 0.0617 e. The molecule has 19 heavy (non-hydrogen) atoms. The van der Waals surface area contributed by atoms with Crippen LogP contribution in [0.25, 0.3) is 0 Å². The van der Waals surface area contributed by atoms with Gasteiger partial charge in [0.15, 0.2) is 0 Å². The van der Waals surface area contributed by atoms with E-state index in [1.807, 2.05) is 0 Å². The zero-order valence-corrected chi connectivity index (χ0v) is 15.5. The fourth-order valence-electron chi connectivity index (χ4n) is 2.59. The van der Waals surface area contributed by atoms with E-state index < -0.39 is 0 Å². The first kappa shape index (κ1) is 19.0. The van der Waals surface area contributed by atoms with Crippen LogP contribution >= 0.6 is 0 Å². The van der Waals surface area contributed by atoms with E-state index >= 15 is 0 Å². The van der Waals surface area contributed by atoms with E-state index in [2.05, 4.69) is 69.2 Å². The Kier molecular flexibility index (Phi) is 6.64. The molecule has 0 aliphatic heterocycles. The number of hydrogen-bond acceptors (Lipinski definition) is 0. The highest BCUT2D eigenvalue weighted by atomic mass is 14.3. The predicted molar refractivity (Wildman–Crippen MR) is 89.5 cm³/mol. The van der Waals surface area contributed by atoms with Crippen LogP contribution in [0.4, 0.5) is 0 Å². The molecule has 0 fully saturated rings. The third-order valence-corrected chi connectivity index (χ3v) is 4.60. The summed E-state index contributed by atoms with van der Waals surface area (Å²) in [5, 5.41) is 0. The molecule has 0 heteroatoms. The highest BCUT2D eigenvalue weighted by Gasteiger charge is 2.29. The third kappa shape index (κ3) is 9.52. The molecule has 0 spiro atoms. The molecule has 0 saturated heterocycles. The van der Waals surface area contributed by atoms with Crippen LogP contribution in [0.3, 0.4) is 0 Å². The monoisotopic (exact) mass is 268 g/mol. The van der Waals surface area contributed by atoms with Crippen LogP contribution < -0.4 is 0 Å². The van der Waals surface area contributed by atoms with Gasteiger partial charge in [-0.05, 0) is 53.8 Å². The lowest BCUT2D eigenvalue weighted by Gasteiger charge is -2.37. The van der Waals surface area contributed by atoms with Crippen molar-refractivity contribution in [2.24, 2.45) is 28.1 Å². The highest BCUT2D eigenvalue weighted by molar-refractivity contribution is 4.80. The zero-order valence-electron chi connectivity index (χ0n) is 15.5. The van der Waals surface area contributed by atoms with E-state index in [9.17, 15) is 0 Å². The summed E-state index contributed by atoms with van der Waals surface area (Å²) in [6, 6.07) is 0. The average Bonchev–Trinajstić information content (AvgIpc) is 2.12. The Morgan fingerprint density at radius 1 is 0.632 bits per heavy atom. The van der Waals surface area contributed by atoms with E-state index in [0.29, 0.717) is 16.2 Å². The number of rotatable bonds is 5. The van der Waals surface area contributed by atoms with Gasteiger partial charge in [-0.2, -0.15) is 0 Å². The lowest BCUT2D eigenvalue weighted by atomic mass is 9.69. The Morgan fingerprint density at radius 2 is 0.947 bits per heavy atom. The minimum absolute atomic E-state index is 0.431. The Bertz CT molecular complexity index is 223. The molecule has 0 rings (SSSR count). The van der Waals surface area contributed by atoms with Crippen LogP contribution in [0.2, 0.25) is 0 Å². The Morgan fingerprint density at radius 3 is 1.16 bits per heavy atom. The van der Waals surface area contributed by atoms with Crippen LogP contribution in [-0.4, -0.2) is 0 Å². The quantitative estimate of drug-likeness (QED) is 0.506. The average molecular weight is 269 g/mol. The summed E-state index contributed by atoms with van der Waals surface area (Å²) in [6.45, 7) is 23.9. The smallest absolute Gasteiger partial charge is 0.0354 e. The lowest BCUT2D eigenvalue weighted by Crippen LogP contribution is -2.27. The van der Waals surface area contributed by atoms with Crippen LogP contribution in [0.5, 0.6) is 0 Å². The molecule has 0 aromatic rings. The van der Waals surface area contributed by atoms with Crippen LogP contribution in [0, 0.1) is 28.1 Å². The Labute approximate surface area is 123 Å². The van der Waals surface area contributed by atoms with E-state index in [0.717, 1.165) is 11.8 Å². The third-order valence-electron chi connectivity index (χ3n) is 4.60. The van der Waals surface area contributed by atoms with Gasteiger partial charge in [0.25, 0.3) is 0 Å². The normalized spacial score (nSPS) is 15.9. The Hall–Kier alpha value is 0. The Balaban J connectivity index is 4.65. The lowest BCUT2D eigenvalue weighted by molar-refractivity contribution is 0.134. The van der Waals surface area contributed by atoms with Gasteiger partial charge in [0.05, 0.1) is 0 Å². The van der Waals surface area contributed by atoms with Gasteiger partial charge in [-0.15, -0.1) is 0 Å². The molecule has 0 aromatic heterocycles. The molecule has 0 heterocycles. The van der Waals surface area contributed by atoms with Crippen molar-refractivity contribution in [2.75, 3.05) is 0 Å². The molecule has 0 nitrogen and oxygen atoms in total. The van der Waals surface area contributed by atoms with Crippen molar-refractivity contribution in [3.63, 3.8) is 0 Å². The first-order valence-corrected chi connectivity index (χ1v) is 8.22. The molecule has 0 aromatic carbocycles. The van der Waals surface area contributed by atoms with Crippen molar-refractivity contribution < 1.29 is 0 Å². The molecule has 0 amide bonds. The van der Waals surface area contributed by atoms with E-state index in [1.54, 1.807) is 0 Å². The fraction of sp³-hybridized carbons (Fsp3) is 1.00. The molecule has 0 aliphatic rings. The summed E-state index contributed by atoms with van der Waals surface area (Å²) in [5.41, 5.74) is 1.37. The molecule has 0 aliphatic carbocycles. The van der Waals surface area contributed by atoms with Gasteiger partial charge >= 0.3 is 0 Å². The van der Waals surface area contributed by atoms with E-state index in [1.165, 1.54) is 25.7 Å². The summed E-state index contributed by atoms with van der Waals surface area (Å²) in [5.74, 6) is 1.68. The van der Waals surface area contributed by atoms with Crippen molar-refractivity contribution in [3.05, 3.63) is 0 Å². The summed E-state index contributed by atoms with van der Waals surface area (Å²) < 4.78 is 0. The molecule has 0 bridgehead atoms. The molecular weight excluding hydrogens is 228 g/mol. The highest BCUT2D eigenvalue weighted by Crippen LogP contribution is 2.40. The fourth-order valence-corrected chi connectivity index (χ4v) is 2.59. The standard InChI is InChI=1S/C19H40/c1-15(19(8,9)10)16(11-13-17(2,3)4)12-14-18(5,6)7/h15-16H,11-14H2,1-10H3. The molecular formula is C19H40. The van der Waals surface area contributed by atoms with Crippen molar-refractivity contribution in [1.82, 2.24) is 0 Å². The SMILES string of the molecule is CC(C(CCC(C)(C)C)CCC(C)(C)C)C(C)(C)C. The predicted octanol–water partition coefficient (Wildman–Crippen LogP) is 6.94. The molecule has 1 atom stereocenters. The molecule has 116 valence electrons. The van der Waals surface area contributed by atoms with Crippen LogP contribution in [-0.2, 0) is 0 Å². The summed E-state index contributed by atoms with van der Waals surface area (Å²) in [4.78, 5) is 0. The first-order valence-electron chi connectivity index (χ1n) is 8.22. The second-order valence-corrected chi connectivity index (χ2v) is 10.1. The van der Waals surface area contributed by atoms with Crippen molar-refractivity contribution in [2.45, 2.75) is 94.9 Å². The minimum Gasteiger partial charge on any atom is -0.0617 e. The van der Waals surface area contributed by atoms with Crippen molar-refractivity contribution >= 4 is 0 Å². The topological polar surface area (TPSA) is 0 Å². The van der Waals surface area contributed by atoms with Gasteiger partial charge in [-0.1, -0.05) is 69.2 Å². The molecule has 0 saturated carbocycles. The molecule has 1 unspecified atom stereocenters. The maximum atomic E-state index is 2.47. The summed E-state index contributed by atoms with van der Waals surface area (Å²) in [6.07, 6.45) is 5.47. The summed E-state index contributed by atoms with van der Waals surface area (Å²) >= 11 is 0. The minimum atomic E-state index is 0.431. The molecule has 0 radical (unpaired) electrons. The van der Waals surface area contributed by atoms with E-state index in [4.69, 9.17) is 0 Å². The van der Waals surface area contributed by atoms with Crippen molar-refractivity contribution in [1.29, 1.82) is 0 Å². The van der Waals surface area contributed by atoms with Gasteiger partial charge in [-0.3, -0.25) is 0 Å². The summed E-state index contributed by atoms with van der Waals surface area (Å²) in [7, 11) is 0. The van der Waals surface area contributed by atoms with Crippen molar-refractivity contribution in [3.8, 4) is 0 Å². The van der Waals surface area contributed by atoms with Gasteiger partial charge in [0.2, 0.25) is 0 Å². The van der Waals surface area contributed by atoms with Gasteiger partial charge in [0.1, 0.15) is 0 Å². The second-order valence-electron chi connectivity index (χ2n) is 10.1.